The van der Waals surface area contributed by atoms with Crippen LogP contribution in [0.2, 0.25) is 0 Å². The lowest BCUT2D eigenvalue weighted by atomic mass is 9.87. The molecule has 1 heterocycles. The minimum absolute atomic E-state index is 0.163. The van der Waals surface area contributed by atoms with Crippen molar-refractivity contribution < 1.29 is 19.1 Å². The number of hydrogen-bond donors (Lipinski definition) is 0. The smallest absolute Gasteiger partial charge is 0.309 e. The predicted octanol–water partition coefficient (Wildman–Crippen LogP) is 3.30. The largest absolute Gasteiger partial charge is 0.465 e. The van der Waals surface area contributed by atoms with Crippen molar-refractivity contribution in [1.29, 1.82) is 0 Å². The van der Waals surface area contributed by atoms with Crippen molar-refractivity contribution in [2.24, 2.45) is 18.9 Å². The number of esters is 2. The molecule has 0 aliphatic heterocycles. The highest BCUT2D eigenvalue weighted by Crippen LogP contribution is 2.23. The topological polar surface area (TPSA) is 70.4 Å². The summed E-state index contributed by atoms with van der Waals surface area (Å²) in [6.45, 7) is 4.14. The third-order valence-electron chi connectivity index (χ3n) is 4.67. The Balaban J connectivity index is 2.07. The van der Waals surface area contributed by atoms with Crippen LogP contribution in [0.1, 0.15) is 37.9 Å². The zero-order valence-electron chi connectivity index (χ0n) is 16.3. The van der Waals surface area contributed by atoms with E-state index in [4.69, 9.17) is 9.47 Å². The van der Waals surface area contributed by atoms with E-state index < -0.39 is 0 Å². The number of benzene rings is 1. The maximum absolute atomic E-state index is 12.7. The lowest BCUT2D eigenvalue weighted by Crippen LogP contribution is -2.31. The Hall–Kier alpha value is -2.63. The molecule has 146 valence electrons. The molecular weight excluding hydrogens is 344 g/mol. The minimum atomic E-state index is -0.353. The van der Waals surface area contributed by atoms with E-state index in [9.17, 15) is 9.59 Å². The summed E-state index contributed by atoms with van der Waals surface area (Å²) in [6, 6.07) is 9.59. The standard InChI is InChI=1S/C21H28N2O4/c1-4-19(21(25)27-13-16-9-7-6-8-10-16)17(14-26-20(24)5-2)11-18-12-22-15-23(18)3/h6-10,12,15,17,19H,4-5,11,13-14H2,1-3H3/t17-,19-/m0/s1. The van der Waals surface area contributed by atoms with E-state index in [1.807, 2.05) is 48.9 Å². The lowest BCUT2D eigenvalue weighted by molar-refractivity contribution is -0.156. The van der Waals surface area contributed by atoms with Crippen molar-refractivity contribution >= 4 is 11.9 Å². The second-order valence-electron chi connectivity index (χ2n) is 6.60. The number of nitrogens with zero attached hydrogens (tertiary/aromatic N) is 2. The summed E-state index contributed by atoms with van der Waals surface area (Å²) in [5.74, 6) is -1.05. The first-order valence-corrected chi connectivity index (χ1v) is 9.36. The van der Waals surface area contributed by atoms with Gasteiger partial charge in [-0.15, -0.1) is 0 Å². The van der Waals surface area contributed by atoms with Gasteiger partial charge in [0.25, 0.3) is 0 Å². The monoisotopic (exact) mass is 372 g/mol. The average Bonchev–Trinajstić information content (AvgIpc) is 3.09. The van der Waals surface area contributed by atoms with Crippen molar-refractivity contribution in [1.82, 2.24) is 9.55 Å². The highest BCUT2D eigenvalue weighted by atomic mass is 16.5. The first-order chi connectivity index (χ1) is 13.0. The van der Waals surface area contributed by atoms with Gasteiger partial charge in [0.1, 0.15) is 6.61 Å². The van der Waals surface area contributed by atoms with Crippen LogP contribution in [-0.2, 0) is 39.1 Å². The van der Waals surface area contributed by atoms with Gasteiger partial charge in [0.05, 0.1) is 18.9 Å². The van der Waals surface area contributed by atoms with Crippen molar-refractivity contribution in [2.45, 2.75) is 39.7 Å². The number of aromatic nitrogens is 2. The van der Waals surface area contributed by atoms with Crippen molar-refractivity contribution in [3.8, 4) is 0 Å². The lowest BCUT2D eigenvalue weighted by Gasteiger charge is -2.24. The van der Waals surface area contributed by atoms with Crippen LogP contribution < -0.4 is 0 Å². The van der Waals surface area contributed by atoms with Crippen LogP contribution in [0.3, 0.4) is 0 Å². The molecule has 0 fully saturated rings. The van der Waals surface area contributed by atoms with Crippen LogP contribution in [0, 0.1) is 11.8 Å². The second-order valence-corrected chi connectivity index (χ2v) is 6.60. The molecule has 0 saturated heterocycles. The molecule has 0 bridgehead atoms. The summed E-state index contributed by atoms with van der Waals surface area (Å²) in [4.78, 5) is 28.5. The molecule has 0 aliphatic carbocycles. The Bertz CT molecular complexity index is 727. The van der Waals surface area contributed by atoms with E-state index in [0.717, 1.165) is 11.3 Å². The molecule has 0 radical (unpaired) electrons. The van der Waals surface area contributed by atoms with Crippen LogP contribution in [-0.4, -0.2) is 28.1 Å². The average molecular weight is 372 g/mol. The molecule has 2 atom stereocenters. The van der Waals surface area contributed by atoms with Crippen molar-refractivity contribution in [2.75, 3.05) is 6.61 Å². The number of rotatable bonds is 10. The fraction of sp³-hybridized carbons (Fsp3) is 0.476. The van der Waals surface area contributed by atoms with Gasteiger partial charge < -0.3 is 14.0 Å². The molecule has 1 aromatic heterocycles. The fourth-order valence-corrected chi connectivity index (χ4v) is 3.00. The Morgan fingerprint density at radius 3 is 2.48 bits per heavy atom. The Morgan fingerprint density at radius 1 is 1.15 bits per heavy atom. The van der Waals surface area contributed by atoms with E-state index in [1.165, 1.54) is 0 Å². The van der Waals surface area contributed by atoms with Crippen LogP contribution >= 0.6 is 0 Å². The summed E-state index contributed by atoms with van der Waals surface area (Å²) in [5.41, 5.74) is 1.93. The summed E-state index contributed by atoms with van der Waals surface area (Å²) in [6.07, 6.45) is 5.01. The second kappa shape index (κ2) is 10.5. The molecular formula is C21H28N2O4. The normalized spacial score (nSPS) is 13.0. The van der Waals surface area contributed by atoms with Gasteiger partial charge in [-0.1, -0.05) is 44.2 Å². The van der Waals surface area contributed by atoms with Gasteiger partial charge in [-0.05, 0) is 18.4 Å². The molecule has 1 aromatic carbocycles. The summed E-state index contributed by atoms with van der Waals surface area (Å²) >= 11 is 0. The van der Waals surface area contributed by atoms with E-state index in [-0.39, 0.29) is 37.0 Å². The fourth-order valence-electron chi connectivity index (χ4n) is 3.00. The molecule has 2 rings (SSSR count). The van der Waals surface area contributed by atoms with Gasteiger partial charge in [0.2, 0.25) is 0 Å². The SMILES string of the molecule is CCC(=O)OC[C@H](Cc1cncn1C)[C@H](CC)C(=O)OCc1ccccc1. The molecule has 6 nitrogen and oxygen atoms in total. The number of carbonyl (C=O) groups is 2. The van der Waals surface area contributed by atoms with Gasteiger partial charge in [0, 0.05) is 31.3 Å². The van der Waals surface area contributed by atoms with Crippen molar-refractivity contribution in [3.05, 3.63) is 54.1 Å². The summed E-state index contributed by atoms with van der Waals surface area (Å²) in [7, 11) is 1.91. The Kier molecular flexibility index (Phi) is 8.04. The van der Waals surface area contributed by atoms with Gasteiger partial charge >= 0.3 is 11.9 Å². The van der Waals surface area contributed by atoms with Crippen LogP contribution in [0.4, 0.5) is 0 Å². The molecule has 6 heteroatoms. The maximum atomic E-state index is 12.7. The van der Waals surface area contributed by atoms with Gasteiger partial charge in [-0.3, -0.25) is 9.59 Å². The Morgan fingerprint density at radius 2 is 1.89 bits per heavy atom. The van der Waals surface area contributed by atoms with Crippen LogP contribution in [0.5, 0.6) is 0 Å². The molecule has 0 unspecified atom stereocenters. The minimum Gasteiger partial charge on any atom is -0.465 e. The number of carbonyl (C=O) groups excluding carboxylic acids is 2. The molecule has 0 saturated carbocycles. The third kappa shape index (κ3) is 6.24. The molecule has 0 N–H and O–H groups in total. The summed E-state index contributed by atoms with van der Waals surface area (Å²) in [5, 5.41) is 0. The maximum Gasteiger partial charge on any atom is 0.309 e. The number of imidazole rings is 1. The quantitative estimate of drug-likeness (QED) is 0.599. The van der Waals surface area contributed by atoms with Crippen molar-refractivity contribution in [3.63, 3.8) is 0 Å². The van der Waals surface area contributed by atoms with E-state index in [2.05, 4.69) is 4.98 Å². The third-order valence-corrected chi connectivity index (χ3v) is 4.67. The first kappa shape index (κ1) is 20.7. The first-order valence-electron chi connectivity index (χ1n) is 9.36. The van der Waals surface area contributed by atoms with E-state index in [0.29, 0.717) is 19.3 Å². The van der Waals surface area contributed by atoms with Gasteiger partial charge in [-0.25, -0.2) is 4.98 Å². The zero-order chi connectivity index (χ0) is 19.6. The zero-order valence-corrected chi connectivity index (χ0v) is 16.3. The number of aryl methyl sites for hydroxylation is 1. The summed E-state index contributed by atoms with van der Waals surface area (Å²) < 4.78 is 12.8. The van der Waals surface area contributed by atoms with Crippen LogP contribution in [0.15, 0.2) is 42.9 Å². The number of hydrogen-bond acceptors (Lipinski definition) is 5. The molecule has 27 heavy (non-hydrogen) atoms. The van der Waals surface area contributed by atoms with Gasteiger partial charge in [0.15, 0.2) is 0 Å². The molecule has 2 aromatic rings. The molecule has 0 amide bonds. The van der Waals surface area contributed by atoms with E-state index >= 15 is 0 Å². The van der Waals surface area contributed by atoms with Gasteiger partial charge in [-0.2, -0.15) is 0 Å². The molecule has 0 aliphatic rings. The van der Waals surface area contributed by atoms with Crippen LogP contribution in [0.25, 0.3) is 0 Å². The number of ether oxygens (including phenoxy) is 2. The predicted molar refractivity (Wildman–Crippen MR) is 102 cm³/mol. The highest BCUT2D eigenvalue weighted by Gasteiger charge is 2.30. The Labute approximate surface area is 160 Å². The highest BCUT2D eigenvalue weighted by molar-refractivity contribution is 5.73. The molecule has 0 spiro atoms. The van der Waals surface area contributed by atoms with E-state index in [1.54, 1.807) is 19.4 Å².